The minimum absolute atomic E-state index is 0.111. The number of hydrogen-bond acceptors (Lipinski definition) is 4. The standard InChI is InChI=1S/C12H20N4O2/c1-3-4-8-16(2)9-6-11(17)14-10-5-7-13-12(18)15-10/h5,7H,3-4,6,8-9H2,1-2H3,(H2,13,14,15,17,18). The molecule has 6 nitrogen and oxygen atoms in total. The van der Waals surface area contributed by atoms with E-state index in [0.717, 1.165) is 19.4 Å². The summed E-state index contributed by atoms with van der Waals surface area (Å²) in [6.07, 6.45) is 4.05. The van der Waals surface area contributed by atoms with Gasteiger partial charge in [-0.15, -0.1) is 0 Å². The van der Waals surface area contributed by atoms with Crippen molar-refractivity contribution in [2.24, 2.45) is 0 Å². The van der Waals surface area contributed by atoms with E-state index in [0.29, 0.717) is 18.8 Å². The zero-order valence-corrected chi connectivity index (χ0v) is 10.9. The molecule has 1 amide bonds. The quantitative estimate of drug-likeness (QED) is 0.753. The second kappa shape index (κ2) is 7.60. The van der Waals surface area contributed by atoms with Gasteiger partial charge in [0.2, 0.25) is 5.91 Å². The van der Waals surface area contributed by atoms with Crippen molar-refractivity contribution in [1.82, 2.24) is 14.9 Å². The number of aromatic amines is 1. The summed E-state index contributed by atoms with van der Waals surface area (Å²) in [6.45, 7) is 3.84. The number of hydrogen-bond donors (Lipinski definition) is 2. The Morgan fingerprint density at radius 3 is 2.94 bits per heavy atom. The summed E-state index contributed by atoms with van der Waals surface area (Å²) in [7, 11) is 2.00. The molecule has 0 aliphatic rings. The lowest BCUT2D eigenvalue weighted by Gasteiger charge is -2.15. The molecule has 0 bridgehead atoms. The van der Waals surface area contributed by atoms with E-state index in [4.69, 9.17) is 0 Å². The molecule has 0 aliphatic heterocycles. The number of H-pyrrole nitrogens is 1. The van der Waals surface area contributed by atoms with Crippen molar-refractivity contribution in [3.63, 3.8) is 0 Å². The van der Waals surface area contributed by atoms with Crippen LogP contribution in [0.4, 0.5) is 5.82 Å². The Bertz CT molecular complexity index is 430. The van der Waals surface area contributed by atoms with Crippen molar-refractivity contribution in [3.8, 4) is 0 Å². The van der Waals surface area contributed by atoms with Gasteiger partial charge in [0.1, 0.15) is 5.82 Å². The van der Waals surface area contributed by atoms with E-state index in [-0.39, 0.29) is 5.91 Å². The minimum Gasteiger partial charge on any atom is -0.312 e. The van der Waals surface area contributed by atoms with E-state index < -0.39 is 5.69 Å². The Balaban J connectivity index is 2.31. The fourth-order valence-electron chi connectivity index (χ4n) is 1.49. The summed E-state index contributed by atoms with van der Waals surface area (Å²) >= 11 is 0. The van der Waals surface area contributed by atoms with Crippen molar-refractivity contribution in [1.29, 1.82) is 0 Å². The highest BCUT2D eigenvalue weighted by Crippen LogP contribution is 1.99. The van der Waals surface area contributed by atoms with Crippen molar-refractivity contribution < 1.29 is 4.79 Å². The monoisotopic (exact) mass is 252 g/mol. The van der Waals surface area contributed by atoms with Crippen LogP contribution in [0, 0.1) is 0 Å². The number of carbonyl (C=O) groups excluding carboxylic acids is 1. The third kappa shape index (κ3) is 5.58. The van der Waals surface area contributed by atoms with Crippen LogP contribution in [0.3, 0.4) is 0 Å². The number of nitrogens with one attached hydrogen (secondary N) is 2. The van der Waals surface area contributed by atoms with Crippen LogP contribution in [0.15, 0.2) is 17.1 Å². The van der Waals surface area contributed by atoms with E-state index in [2.05, 4.69) is 27.1 Å². The maximum atomic E-state index is 11.6. The molecule has 1 heterocycles. The first-order chi connectivity index (χ1) is 8.61. The van der Waals surface area contributed by atoms with E-state index in [1.54, 1.807) is 6.07 Å². The number of aromatic nitrogens is 2. The number of nitrogens with zero attached hydrogens (tertiary/aromatic N) is 2. The SMILES string of the molecule is CCCCN(C)CCC(=O)Nc1ccnc(=O)[nH]1. The first-order valence-electron chi connectivity index (χ1n) is 6.15. The molecule has 0 atom stereocenters. The van der Waals surface area contributed by atoms with E-state index >= 15 is 0 Å². The number of rotatable bonds is 7. The largest absolute Gasteiger partial charge is 0.346 e. The van der Waals surface area contributed by atoms with Gasteiger partial charge in [0.25, 0.3) is 0 Å². The van der Waals surface area contributed by atoms with Crippen LogP contribution in [-0.4, -0.2) is 40.9 Å². The molecule has 0 saturated heterocycles. The fraction of sp³-hybridized carbons (Fsp3) is 0.583. The third-order valence-electron chi connectivity index (χ3n) is 2.56. The lowest BCUT2D eigenvalue weighted by molar-refractivity contribution is -0.116. The molecule has 18 heavy (non-hydrogen) atoms. The molecule has 6 heteroatoms. The van der Waals surface area contributed by atoms with Gasteiger partial charge in [0, 0.05) is 19.2 Å². The molecule has 2 N–H and O–H groups in total. The normalized spacial score (nSPS) is 10.6. The van der Waals surface area contributed by atoms with E-state index in [1.807, 2.05) is 7.05 Å². The first-order valence-corrected chi connectivity index (χ1v) is 6.15. The van der Waals surface area contributed by atoms with Gasteiger partial charge in [-0.2, -0.15) is 0 Å². The number of carbonyl (C=O) groups is 1. The maximum absolute atomic E-state index is 11.6. The molecule has 1 aromatic heterocycles. The minimum atomic E-state index is -0.465. The van der Waals surface area contributed by atoms with Gasteiger partial charge >= 0.3 is 5.69 Å². The molecule has 1 aromatic rings. The number of unbranched alkanes of at least 4 members (excludes halogenated alkanes) is 1. The molecule has 0 radical (unpaired) electrons. The summed E-state index contributed by atoms with van der Waals surface area (Å²) < 4.78 is 0. The highest BCUT2D eigenvalue weighted by atomic mass is 16.2. The molecule has 0 aromatic carbocycles. The Morgan fingerprint density at radius 1 is 1.50 bits per heavy atom. The Kier molecular flexibility index (Phi) is 6.07. The van der Waals surface area contributed by atoms with Crippen molar-refractivity contribution in [2.75, 3.05) is 25.5 Å². The highest BCUT2D eigenvalue weighted by molar-refractivity contribution is 5.89. The Hall–Kier alpha value is -1.69. The van der Waals surface area contributed by atoms with Crippen molar-refractivity contribution >= 4 is 11.7 Å². The molecule has 0 spiro atoms. The highest BCUT2D eigenvalue weighted by Gasteiger charge is 2.05. The molecule has 0 saturated carbocycles. The van der Waals surface area contributed by atoms with Crippen LogP contribution >= 0.6 is 0 Å². The summed E-state index contributed by atoms with van der Waals surface area (Å²) in [5.74, 6) is 0.274. The van der Waals surface area contributed by atoms with Gasteiger partial charge in [-0.05, 0) is 26.1 Å². The van der Waals surface area contributed by atoms with E-state index in [1.165, 1.54) is 6.20 Å². The second-order valence-electron chi connectivity index (χ2n) is 4.24. The summed E-state index contributed by atoms with van der Waals surface area (Å²) in [4.78, 5) is 30.6. The van der Waals surface area contributed by atoms with Gasteiger partial charge in [0.15, 0.2) is 0 Å². The summed E-state index contributed by atoms with van der Waals surface area (Å²) in [5.41, 5.74) is -0.465. The summed E-state index contributed by atoms with van der Waals surface area (Å²) in [5, 5.41) is 2.63. The topological polar surface area (TPSA) is 78.1 Å². The molecule has 0 unspecified atom stereocenters. The number of anilines is 1. The smallest absolute Gasteiger partial charge is 0.312 e. The van der Waals surface area contributed by atoms with Crippen LogP contribution in [-0.2, 0) is 4.79 Å². The molecule has 0 fully saturated rings. The fourth-order valence-corrected chi connectivity index (χ4v) is 1.49. The van der Waals surface area contributed by atoms with Crippen LogP contribution in [0.25, 0.3) is 0 Å². The molecule has 0 aliphatic carbocycles. The van der Waals surface area contributed by atoms with Gasteiger partial charge in [0.05, 0.1) is 0 Å². The maximum Gasteiger partial charge on any atom is 0.346 e. The van der Waals surface area contributed by atoms with Crippen LogP contribution in [0.1, 0.15) is 26.2 Å². The molecular weight excluding hydrogens is 232 g/mol. The second-order valence-corrected chi connectivity index (χ2v) is 4.24. The average Bonchev–Trinajstić information content (AvgIpc) is 2.34. The zero-order valence-electron chi connectivity index (χ0n) is 10.9. The van der Waals surface area contributed by atoms with Crippen LogP contribution < -0.4 is 11.0 Å². The van der Waals surface area contributed by atoms with Crippen LogP contribution in [0.2, 0.25) is 0 Å². The molecule has 1 rings (SSSR count). The predicted molar refractivity (Wildman–Crippen MR) is 70.5 cm³/mol. The lowest BCUT2D eigenvalue weighted by atomic mass is 10.3. The van der Waals surface area contributed by atoms with Gasteiger partial charge in [-0.3, -0.25) is 9.78 Å². The molecule has 100 valence electrons. The lowest BCUT2D eigenvalue weighted by Crippen LogP contribution is -2.26. The van der Waals surface area contributed by atoms with Crippen molar-refractivity contribution in [3.05, 3.63) is 22.7 Å². The Labute approximate surface area is 106 Å². The van der Waals surface area contributed by atoms with Gasteiger partial charge in [-0.1, -0.05) is 13.3 Å². The summed E-state index contributed by atoms with van der Waals surface area (Å²) in [6, 6.07) is 1.56. The van der Waals surface area contributed by atoms with Crippen LogP contribution in [0.5, 0.6) is 0 Å². The zero-order chi connectivity index (χ0) is 13.4. The number of amides is 1. The predicted octanol–water partition coefficient (Wildman–Crippen LogP) is 0.830. The third-order valence-corrected chi connectivity index (χ3v) is 2.56. The Morgan fingerprint density at radius 2 is 2.28 bits per heavy atom. The van der Waals surface area contributed by atoms with Crippen molar-refractivity contribution in [2.45, 2.75) is 26.2 Å². The average molecular weight is 252 g/mol. The van der Waals surface area contributed by atoms with Gasteiger partial charge < -0.3 is 10.2 Å². The van der Waals surface area contributed by atoms with Gasteiger partial charge in [-0.25, -0.2) is 9.78 Å². The van der Waals surface area contributed by atoms with E-state index in [9.17, 15) is 9.59 Å². The first kappa shape index (κ1) is 14.4. The molecular formula is C12H20N4O2.